The van der Waals surface area contributed by atoms with Gasteiger partial charge in [-0.1, -0.05) is 12.1 Å². The number of benzene rings is 2. The lowest BCUT2D eigenvalue weighted by Gasteiger charge is -2.10. The molecule has 0 unspecified atom stereocenters. The van der Waals surface area contributed by atoms with Crippen molar-refractivity contribution in [3.05, 3.63) is 76.2 Å². The van der Waals surface area contributed by atoms with Crippen LogP contribution in [0.2, 0.25) is 0 Å². The van der Waals surface area contributed by atoms with Gasteiger partial charge in [0.05, 0.1) is 5.51 Å². The van der Waals surface area contributed by atoms with Crippen LogP contribution in [0.15, 0.2) is 54.2 Å². The Labute approximate surface area is 153 Å². The van der Waals surface area contributed by atoms with Crippen molar-refractivity contribution < 1.29 is 18.3 Å². The molecule has 0 radical (unpaired) electrons. The third-order valence-electron chi connectivity index (χ3n) is 3.58. The van der Waals surface area contributed by atoms with Gasteiger partial charge >= 0.3 is 0 Å². The minimum Gasteiger partial charge on any atom is -0.486 e. The lowest BCUT2D eigenvalue weighted by Crippen LogP contribution is -2.12. The smallest absolute Gasteiger partial charge is 0.224 e. The maximum absolute atomic E-state index is 14.1. The summed E-state index contributed by atoms with van der Waals surface area (Å²) in [4.78, 5) is 16.9. The van der Waals surface area contributed by atoms with Crippen LogP contribution in [0.4, 0.5) is 14.5 Å². The number of aryl methyl sites for hydroxylation is 1. The highest BCUT2D eigenvalue weighted by molar-refractivity contribution is 7.09. The number of thiazole rings is 1. The third-order valence-corrected chi connectivity index (χ3v) is 4.42. The van der Waals surface area contributed by atoms with Gasteiger partial charge in [-0.05, 0) is 36.2 Å². The van der Waals surface area contributed by atoms with E-state index < -0.39 is 5.82 Å². The average molecular weight is 374 g/mol. The van der Waals surface area contributed by atoms with Crippen molar-refractivity contribution in [3.63, 3.8) is 0 Å². The fourth-order valence-corrected chi connectivity index (χ4v) is 2.91. The monoisotopic (exact) mass is 374 g/mol. The second-order valence-electron chi connectivity index (χ2n) is 5.58. The second-order valence-corrected chi connectivity index (χ2v) is 6.55. The van der Waals surface area contributed by atoms with Gasteiger partial charge in [0, 0.05) is 29.2 Å². The Morgan fingerprint density at radius 1 is 1.19 bits per heavy atom. The molecule has 1 amide bonds. The molecule has 3 rings (SSSR count). The summed E-state index contributed by atoms with van der Waals surface area (Å²) in [5.41, 5.74) is 2.67. The third kappa shape index (κ3) is 5.10. The van der Waals surface area contributed by atoms with Gasteiger partial charge in [-0.2, -0.15) is 0 Å². The largest absolute Gasteiger partial charge is 0.486 e. The standard InChI is InChI=1S/C19H16F2N2O2S/c20-14-3-1-2-13(8-14)11-25-18-6-4-15(9-17(18)21)23-19(24)7-5-16-10-22-12-26-16/h1-4,6,8-10,12H,5,7,11H2,(H,23,24). The molecular weight excluding hydrogens is 358 g/mol. The van der Waals surface area contributed by atoms with E-state index in [0.29, 0.717) is 24.1 Å². The Morgan fingerprint density at radius 2 is 2.08 bits per heavy atom. The number of amides is 1. The van der Waals surface area contributed by atoms with Crippen LogP contribution < -0.4 is 10.1 Å². The Kier molecular flexibility index (Phi) is 5.91. The lowest BCUT2D eigenvalue weighted by atomic mass is 10.2. The molecule has 0 aliphatic heterocycles. The van der Waals surface area contributed by atoms with Crippen molar-refractivity contribution >= 4 is 22.9 Å². The summed E-state index contributed by atoms with van der Waals surface area (Å²) in [6.45, 7) is 0.0508. The first-order chi connectivity index (χ1) is 12.6. The Bertz CT molecular complexity index is 885. The van der Waals surface area contributed by atoms with Gasteiger partial charge in [0.2, 0.25) is 5.91 Å². The summed E-state index contributed by atoms with van der Waals surface area (Å²) < 4.78 is 32.6. The van der Waals surface area contributed by atoms with E-state index in [1.54, 1.807) is 29.9 Å². The van der Waals surface area contributed by atoms with E-state index in [9.17, 15) is 13.6 Å². The number of aromatic nitrogens is 1. The molecule has 1 heterocycles. The molecule has 0 fully saturated rings. The van der Waals surface area contributed by atoms with E-state index in [0.717, 1.165) is 4.88 Å². The number of halogens is 2. The first-order valence-electron chi connectivity index (χ1n) is 7.94. The molecule has 0 aliphatic rings. The van der Waals surface area contributed by atoms with Gasteiger partial charge in [0.1, 0.15) is 12.4 Å². The molecule has 0 atom stereocenters. The molecule has 0 saturated carbocycles. The predicted molar refractivity (Wildman–Crippen MR) is 96.2 cm³/mol. The van der Waals surface area contributed by atoms with Crippen LogP contribution in [0.3, 0.4) is 0 Å². The Hall–Kier alpha value is -2.80. The fourth-order valence-electron chi connectivity index (χ4n) is 2.31. The van der Waals surface area contributed by atoms with Crippen molar-refractivity contribution in [2.24, 2.45) is 0 Å². The minimum atomic E-state index is -0.596. The van der Waals surface area contributed by atoms with Gasteiger partial charge in [0.25, 0.3) is 0 Å². The van der Waals surface area contributed by atoms with Crippen LogP contribution in [0.1, 0.15) is 16.9 Å². The van der Waals surface area contributed by atoms with E-state index in [4.69, 9.17) is 4.74 Å². The molecule has 3 aromatic rings. The van der Waals surface area contributed by atoms with E-state index in [2.05, 4.69) is 10.3 Å². The lowest BCUT2D eigenvalue weighted by molar-refractivity contribution is -0.116. The van der Waals surface area contributed by atoms with Gasteiger partial charge in [-0.3, -0.25) is 9.78 Å². The zero-order valence-electron chi connectivity index (χ0n) is 13.7. The zero-order valence-corrected chi connectivity index (χ0v) is 14.6. The molecule has 26 heavy (non-hydrogen) atoms. The van der Waals surface area contributed by atoms with E-state index in [1.807, 2.05) is 0 Å². The normalized spacial score (nSPS) is 10.5. The number of anilines is 1. The van der Waals surface area contributed by atoms with Crippen LogP contribution >= 0.6 is 11.3 Å². The number of nitrogens with one attached hydrogen (secondary N) is 1. The van der Waals surface area contributed by atoms with E-state index in [1.165, 1.54) is 35.6 Å². The number of hydrogen-bond donors (Lipinski definition) is 1. The molecule has 2 aromatic carbocycles. The van der Waals surface area contributed by atoms with Crippen molar-refractivity contribution in [3.8, 4) is 5.75 Å². The molecule has 1 aromatic heterocycles. The summed E-state index contributed by atoms with van der Waals surface area (Å²) in [6.07, 6.45) is 2.61. The zero-order chi connectivity index (χ0) is 18.4. The maximum atomic E-state index is 14.1. The summed E-state index contributed by atoms with van der Waals surface area (Å²) in [5.74, 6) is -1.13. The average Bonchev–Trinajstić information content (AvgIpc) is 3.13. The molecule has 7 heteroatoms. The van der Waals surface area contributed by atoms with Crippen LogP contribution in [0.5, 0.6) is 5.75 Å². The molecular formula is C19H16F2N2O2S. The van der Waals surface area contributed by atoms with Gasteiger partial charge in [-0.25, -0.2) is 8.78 Å². The topological polar surface area (TPSA) is 51.2 Å². The summed E-state index contributed by atoms with van der Waals surface area (Å²) in [7, 11) is 0. The number of carbonyl (C=O) groups is 1. The van der Waals surface area contributed by atoms with Gasteiger partial charge in [0.15, 0.2) is 11.6 Å². The quantitative estimate of drug-likeness (QED) is 0.659. The van der Waals surface area contributed by atoms with Crippen molar-refractivity contribution in [1.29, 1.82) is 0 Å². The fraction of sp³-hybridized carbons (Fsp3) is 0.158. The van der Waals surface area contributed by atoms with E-state index in [-0.39, 0.29) is 24.1 Å². The summed E-state index contributed by atoms with van der Waals surface area (Å²) in [5, 5.41) is 2.65. The first kappa shape index (κ1) is 18.0. The molecule has 134 valence electrons. The molecule has 0 aliphatic carbocycles. The Morgan fingerprint density at radius 3 is 2.81 bits per heavy atom. The number of rotatable bonds is 7. The maximum Gasteiger partial charge on any atom is 0.224 e. The number of hydrogen-bond acceptors (Lipinski definition) is 4. The van der Waals surface area contributed by atoms with Gasteiger partial charge < -0.3 is 10.1 Å². The van der Waals surface area contributed by atoms with Crippen LogP contribution in [-0.2, 0) is 17.8 Å². The number of nitrogens with zero attached hydrogens (tertiary/aromatic N) is 1. The second kappa shape index (κ2) is 8.53. The summed E-state index contributed by atoms with van der Waals surface area (Å²) >= 11 is 1.49. The van der Waals surface area contributed by atoms with Crippen LogP contribution in [0, 0.1) is 11.6 Å². The van der Waals surface area contributed by atoms with E-state index >= 15 is 0 Å². The molecule has 0 spiro atoms. The van der Waals surface area contributed by atoms with Crippen molar-refractivity contribution in [2.45, 2.75) is 19.4 Å². The highest BCUT2D eigenvalue weighted by Gasteiger charge is 2.09. The molecule has 1 N–H and O–H groups in total. The summed E-state index contributed by atoms with van der Waals surface area (Å²) in [6, 6.07) is 10.1. The van der Waals surface area contributed by atoms with Gasteiger partial charge in [-0.15, -0.1) is 11.3 Å². The highest BCUT2D eigenvalue weighted by Crippen LogP contribution is 2.22. The van der Waals surface area contributed by atoms with Crippen molar-refractivity contribution in [1.82, 2.24) is 4.98 Å². The molecule has 0 bridgehead atoms. The SMILES string of the molecule is O=C(CCc1cncs1)Nc1ccc(OCc2cccc(F)c2)c(F)c1. The molecule has 0 saturated heterocycles. The van der Waals surface area contributed by atoms with Crippen LogP contribution in [-0.4, -0.2) is 10.9 Å². The predicted octanol–water partition coefficient (Wildman–Crippen LogP) is 4.57. The Balaban J connectivity index is 1.54. The number of carbonyl (C=O) groups excluding carboxylic acids is 1. The first-order valence-corrected chi connectivity index (χ1v) is 8.82. The number of ether oxygens (including phenoxy) is 1. The highest BCUT2D eigenvalue weighted by atomic mass is 32.1. The molecule has 4 nitrogen and oxygen atoms in total. The van der Waals surface area contributed by atoms with Crippen molar-refractivity contribution in [2.75, 3.05) is 5.32 Å². The minimum absolute atomic E-state index is 0.0388. The van der Waals surface area contributed by atoms with Crippen LogP contribution in [0.25, 0.3) is 0 Å².